The third-order valence-electron chi connectivity index (χ3n) is 3.53. The molecule has 1 aromatic heterocycles. The maximum Gasteiger partial charge on any atom is 0.435 e. The summed E-state index contributed by atoms with van der Waals surface area (Å²) < 4.78 is 37.0. The van der Waals surface area contributed by atoms with Crippen LogP contribution in [0.1, 0.15) is 18.5 Å². The second-order valence-corrected chi connectivity index (χ2v) is 5.06. The molecule has 0 amide bonds. The summed E-state index contributed by atoms with van der Waals surface area (Å²) in [4.78, 5) is 2.09. The normalized spacial score (nSPS) is 17.4. The number of nitriles is 1. The van der Waals surface area contributed by atoms with E-state index in [0.717, 1.165) is 32.0 Å². The van der Waals surface area contributed by atoms with Gasteiger partial charge in [0.25, 0.3) is 0 Å². The molecule has 114 valence electrons. The minimum atomic E-state index is -4.46. The Morgan fingerprint density at radius 3 is 2.52 bits per heavy atom. The van der Waals surface area contributed by atoms with Crippen LogP contribution in [-0.4, -0.2) is 41.3 Å². The van der Waals surface area contributed by atoms with Crippen molar-refractivity contribution >= 4 is 5.82 Å². The molecule has 1 aromatic rings. The summed E-state index contributed by atoms with van der Waals surface area (Å²) in [5.41, 5.74) is -0.988. The van der Waals surface area contributed by atoms with Crippen molar-refractivity contribution in [3.8, 4) is 6.07 Å². The monoisotopic (exact) mass is 299 g/mol. The number of hydrogen-bond donors (Lipinski definition) is 1. The van der Waals surface area contributed by atoms with Crippen LogP contribution >= 0.6 is 0 Å². The Balaban J connectivity index is 1.78. The molecule has 1 aliphatic rings. The first kappa shape index (κ1) is 15.5. The van der Waals surface area contributed by atoms with E-state index in [0.29, 0.717) is 24.8 Å². The fraction of sp³-hybridized carbons (Fsp3) is 0.615. The number of halogens is 3. The van der Waals surface area contributed by atoms with Crippen LogP contribution in [-0.2, 0) is 6.18 Å². The molecule has 0 radical (unpaired) electrons. The summed E-state index contributed by atoms with van der Waals surface area (Å²) in [6.07, 6.45) is -2.54. The summed E-state index contributed by atoms with van der Waals surface area (Å²) in [6, 6.07) is 4.34. The van der Waals surface area contributed by atoms with Crippen LogP contribution in [0.3, 0.4) is 0 Å². The lowest BCUT2D eigenvalue weighted by Crippen LogP contribution is -2.36. The molecule has 8 heteroatoms. The van der Waals surface area contributed by atoms with E-state index in [1.807, 2.05) is 0 Å². The van der Waals surface area contributed by atoms with Gasteiger partial charge in [0.1, 0.15) is 5.82 Å². The van der Waals surface area contributed by atoms with Crippen molar-refractivity contribution in [3.63, 3.8) is 0 Å². The van der Waals surface area contributed by atoms with Crippen LogP contribution in [0, 0.1) is 17.2 Å². The highest BCUT2D eigenvalue weighted by molar-refractivity contribution is 5.33. The molecular weight excluding hydrogens is 283 g/mol. The highest BCUT2D eigenvalue weighted by Crippen LogP contribution is 2.27. The lowest BCUT2D eigenvalue weighted by atomic mass is 9.97. The predicted octanol–water partition coefficient (Wildman–Crippen LogP) is 2.14. The van der Waals surface area contributed by atoms with Crippen LogP contribution in [0.15, 0.2) is 12.1 Å². The van der Waals surface area contributed by atoms with Crippen LogP contribution in [0.4, 0.5) is 19.0 Å². The van der Waals surface area contributed by atoms with Crippen molar-refractivity contribution in [2.24, 2.45) is 5.92 Å². The first-order chi connectivity index (χ1) is 9.99. The van der Waals surface area contributed by atoms with Crippen molar-refractivity contribution in [1.29, 1.82) is 5.26 Å². The van der Waals surface area contributed by atoms with Gasteiger partial charge in [-0.15, -0.1) is 10.2 Å². The van der Waals surface area contributed by atoms with Gasteiger partial charge in [-0.1, -0.05) is 0 Å². The van der Waals surface area contributed by atoms with E-state index >= 15 is 0 Å². The quantitative estimate of drug-likeness (QED) is 0.863. The Labute approximate surface area is 120 Å². The Morgan fingerprint density at radius 2 is 2.00 bits per heavy atom. The van der Waals surface area contributed by atoms with E-state index < -0.39 is 11.9 Å². The largest absolute Gasteiger partial charge is 0.435 e. The predicted molar refractivity (Wildman–Crippen MR) is 70.3 cm³/mol. The molecule has 0 aliphatic carbocycles. The van der Waals surface area contributed by atoms with Crippen molar-refractivity contribution in [3.05, 3.63) is 17.8 Å². The summed E-state index contributed by atoms with van der Waals surface area (Å²) in [5.74, 6) is 0.784. The Bertz CT molecular complexity index is 486. The molecule has 0 atom stereocenters. The van der Waals surface area contributed by atoms with Crippen LogP contribution in [0.2, 0.25) is 0 Å². The number of likely N-dealkylation sites (tertiary alicyclic amines) is 1. The molecule has 0 saturated carbocycles. The van der Waals surface area contributed by atoms with E-state index in [1.165, 1.54) is 6.07 Å². The number of nitrogens with one attached hydrogen (secondary N) is 1. The molecule has 0 aromatic carbocycles. The molecule has 5 nitrogen and oxygen atoms in total. The molecule has 2 rings (SSSR count). The fourth-order valence-electron chi connectivity index (χ4n) is 2.28. The van der Waals surface area contributed by atoms with Gasteiger partial charge in [0.15, 0.2) is 5.69 Å². The van der Waals surface area contributed by atoms with Crippen LogP contribution in [0.25, 0.3) is 0 Å². The summed E-state index contributed by atoms with van der Waals surface area (Å²) >= 11 is 0. The number of nitrogens with zero attached hydrogens (tertiary/aromatic N) is 4. The standard InChI is InChI=1S/C13H16F3N5/c14-13(15,16)11-1-2-12(20-19-11)18-9-10-3-6-21(7-4-10)8-5-17/h1-2,10H,3-4,6-9H2,(H,18,20). The van der Waals surface area contributed by atoms with Gasteiger partial charge in [-0.3, -0.25) is 4.90 Å². The van der Waals surface area contributed by atoms with Gasteiger partial charge in [0, 0.05) is 6.54 Å². The van der Waals surface area contributed by atoms with Gasteiger partial charge < -0.3 is 5.32 Å². The minimum Gasteiger partial charge on any atom is -0.368 e. The van der Waals surface area contributed by atoms with Crippen molar-refractivity contribution in [2.75, 3.05) is 31.5 Å². The minimum absolute atomic E-state index is 0.349. The summed E-state index contributed by atoms with van der Waals surface area (Å²) in [6.45, 7) is 2.85. The average Bonchev–Trinajstić information content (AvgIpc) is 2.46. The smallest absolute Gasteiger partial charge is 0.368 e. The first-order valence-corrected chi connectivity index (χ1v) is 6.73. The zero-order valence-corrected chi connectivity index (χ0v) is 11.4. The van der Waals surface area contributed by atoms with E-state index in [9.17, 15) is 13.2 Å². The Hall–Kier alpha value is -1.88. The molecular formula is C13H16F3N5. The van der Waals surface area contributed by atoms with E-state index in [4.69, 9.17) is 5.26 Å². The van der Waals surface area contributed by atoms with Gasteiger partial charge in [0.2, 0.25) is 0 Å². The van der Waals surface area contributed by atoms with Gasteiger partial charge in [0.05, 0.1) is 12.6 Å². The summed E-state index contributed by atoms with van der Waals surface area (Å²) in [5, 5.41) is 18.3. The number of rotatable bonds is 4. The van der Waals surface area contributed by atoms with Gasteiger partial charge in [-0.05, 0) is 44.0 Å². The maximum absolute atomic E-state index is 12.3. The average molecular weight is 299 g/mol. The van der Waals surface area contributed by atoms with Gasteiger partial charge >= 0.3 is 6.18 Å². The third kappa shape index (κ3) is 4.56. The third-order valence-corrected chi connectivity index (χ3v) is 3.53. The van der Waals surface area contributed by atoms with Crippen LogP contribution in [0.5, 0.6) is 0 Å². The Kier molecular flexibility index (Phi) is 4.96. The van der Waals surface area contributed by atoms with E-state index in [-0.39, 0.29) is 0 Å². The molecule has 0 bridgehead atoms. The van der Waals surface area contributed by atoms with Gasteiger partial charge in [-0.2, -0.15) is 18.4 Å². The molecule has 1 fully saturated rings. The zero-order chi connectivity index (χ0) is 15.3. The number of hydrogen-bond acceptors (Lipinski definition) is 5. The second kappa shape index (κ2) is 6.72. The van der Waals surface area contributed by atoms with E-state index in [2.05, 4.69) is 26.5 Å². The molecule has 1 saturated heterocycles. The maximum atomic E-state index is 12.3. The number of piperidine rings is 1. The second-order valence-electron chi connectivity index (χ2n) is 5.06. The number of aromatic nitrogens is 2. The molecule has 2 heterocycles. The lowest BCUT2D eigenvalue weighted by Gasteiger charge is -2.30. The van der Waals surface area contributed by atoms with E-state index in [1.54, 1.807) is 0 Å². The molecule has 0 unspecified atom stereocenters. The number of alkyl halides is 3. The molecule has 1 aliphatic heterocycles. The SMILES string of the molecule is N#CCN1CCC(CNc2ccc(C(F)(F)F)nn2)CC1. The van der Waals surface area contributed by atoms with Crippen molar-refractivity contribution in [1.82, 2.24) is 15.1 Å². The molecule has 21 heavy (non-hydrogen) atoms. The first-order valence-electron chi connectivity index (χ1n) is 6.73. The zero-order valence-electron chi connectivity index (χ0n) is 11.4. The topological polar surface area (TPSA) is 64.8 Å². The highest BCUT2D eigenvalue weighted by Gasteiger charge is 2.32. The van der Waals surface area contributed by atoms with Crippen molar-refractivity contribution in [2.45, 2.75) is 19.0 Å². The van der Waals surface area contributed by atoms with Crippen molar-refractivity contribution < 1.29 is 13.2 Å². The van der Waals surface area contributed by atoms with Crippen LogP contribution < -0.4 is 5.32 Å². The summed E-state index contributed by atoms with van der Waals surface area (Å²) in [7, 11) is 0. The molecule has 0 spiro atoms. The number of anilines is 1. The molecule has 1 N–H and O–H groups in total. The highest BCUT2D eigenvalue weighted by atomic mass is 19.4. The fourth-order valence-corrected chi connectivity index (χ4v) is 2.28. The van der Waals surface area contributed by atoms with Gasteiger partial charge in [-0.25, -0.2) is 0 Å². The Morgan fingerprint density at radius 1 is 1.29 bits per heavy atom. The lowest BCUT2D eigenvalue weighted by molar-refractivity contribution is -0.141.